The standard InChI is InChI=1S/C16H17NO4.C8H4ClNO/c1-10(18)13(15(20)21-16(2,3)4)14(19)12-7-5-6-11(8-12)9-17;9-8(11)7-3-1-2-6(4-7)5-10/h5-8,13H,1-4H3;1-4H. The Balaban J connectivity index is 0.000000389. The molecular weight excluding hydrogens is 432 g/mol. The third-order valence-corrected chi connectivity index (χ3v) is 4.02. The number of ether oxygens (including phenoxy) is 1. The van der Waals surface area contributed by atoms with Crippen molar-refractivity contribution < 1.29 is 23.9 Å². The van der Waals surface area contributed by atoms with E-state index in [1.165, 1.54) is 37.3 Å². The highest BCUT2D eigenvalue weighted by molar-refractivity contribution is 6.67. The number of Topliss-reactive ketones (excluding diaryl/α,β-unsaturated/α-hetero) is 2. The smallest absolute Gasteiger partial charge is 0.325 e. The fourth-order valence-electron chi connectivity index (χ4n) is 2.44. The molecule has 2 rings (SSSR count). The van der Waals surface area contributed by atoms with Gasteiger partial charge in [-0.05, 0) is 63.6 Å². The van der Waals surface area contributed by atoms with Gasteiger partial charge in [-0.25, -0.2) is 0 Å². The van der Waals surface area contributed by atoms with Crippen LogP contribution in [0.2, 0.25) is 0 Å². The Morgan fingerprint density at radius 1 is 0.906 bits per heavy atom. The first-order chi connectivity index (χ1) is 14.9. The fraction of sp³-hybridized carbons (Fsp3) is 0.250. The molecule has 8 heteroatoms. The highest BCUT2D eigenvalue weighted by Gasteiger charge is 2.35. The molecule has 32 heavy (non-hydrogen) atoms. The third-order valence-electron chi connectivity index (χ3n) is 3.81. The molecule has 0 aliphatic heterocycles. The second kappa shape index (κ2) is 11.5. The lowest BCUT2D eigenvalue weighted by atomic mass is 9.93. The summed E-state index contributed by atoms with van der Waals surface area (Å²) in [7, 11) is 0. The lowest BCUT2D eigenvalue weighted by Crippen LogP contribution is -2.36. The van der Waals surface area contributed by atoms with Crippen molar-refractivity contribution in [3.8, 4) is 12.1 Å². The molecule has 164 valence electrons. The van der Waals surface area contributed by atoms with E-state index < -0.39 is 34.3 Å². The van der Waals surface area contributed by atoms with Gasteiger partial charge in [0, 0.05) is 11.1 Å². The molecule has 0 saturated carbocycles. The van der Waals surface area contributed by atoms with Crippen molar-refractivity contribution in [3.05, 3.63) is 70.8 Å². The first-order valence-electron chi connectivity index (χ1n) is 9.37. The molecule has 2 aromatic carbocycles. The minimum Gasteiger partial charge on any atom is -0.459 e. The van der Waals surface area contributed by atoms with Crippen LogP contribution in [-0.2, 0) is 14.3 Å². The van der Waals surface area contributed by atoms with Crippen LogP contribution in [0.25, 0.3) is 0 Å². The van der Waals surface area contributed by atoms with Gasteiger partial charge in [0.1, 0.15) is 5.60 Å². The topological polar surface area (TPSA) is 125 Å². The zero-order chi connectivity index (χ0) is 24.5. The van der Waals surface area contributed by atoms with Crippen molar-refractivity contribution in [1.82, 2.24) is 0 Å². The van der Waals surface area contributed by atoms with E-state index >= 15 is 0 Å². The van der Waals surface area contributed by atoms with Crippen molar-refractivity contribution in [2.45, 2.75) is 33.3 Å². The molecule has 0 aliphatic carbocycles. The first kappa shape index (κ1) is 26.2. The van der Waals surface area contributed by atoms with Gasteiger partial charge in [-0.3, -0.25) is 19.2 Å². The summed E-state index contributed by atoms with van der Waals surface area (Å²) >= 11 is 5.18. The average molecular weight is 453 g/mol. The summed E-state index contributed by atoms with van der Waals surface area (Å²) in [4.78, 5) is 46.6. The molecule has 0 bridgehead atoms. The van der Waals surface area contributed by atoms with Crippen LogP contribution in [0.4, 0.5) is 0 Å². The van der Waals surface area contributed by atoms with Crippen molar-refractivity contribution in [3.63, 3.8) is 0 Å². The van der Waals surface area contributed by atoms with Crippen LogP contribution in [0.15, 0.2) is 48.5 Å². The van der Waals surface area contributed by atoms with E-state index in [0.717, 1.165) is 0 Å². The summed E-state index contributed by atoms with van der Waals surface area (Å²) in [6.45, 7) is 6.13. The monoisotopic (exact) mass is 452 g/mol. The van der Waals surface area contributed by atoms with Crippen LogP contribution in [0, 0.1) is 28.6 Å². The van der Waals surface area contributed by atoms with Crippen LogP contribution in [-0.4, -0.2) is 28.4 Å². The van der Waals surface area contributed by atoms with Crippen LogP contribution in [0.5, 0.6) is 0 Å². The predicted molar refractivity (Wildman–Crippen MR) is 117 cm³/mol. The maximum absolute atomic E-state index is 12.4. The number of carbonyl (C=O) groups excluding carboxylic acids is 4. The second-order valence-corrected chi connectivity index (χ2v) is 7.94. The molecule has 7 nitrogen and oxygen atoms in total. The number of benzene rings is 2. The molecule has 0 spiro atoms. The van der Waals surface area contributed by atoms with Crippen LogP contribution >= 0.6 is 11.6 Å². The molecule has 0 fully saturated rings. The van der Waals surface area contributed by atoms with E-state index in [1.807, 2.05) is 12.1 Å². The molecule has 0 radical (unpaired) electrons. The molecule has 1 unspecified atom stereocenters. The van der Waals surface area contributed by atoms with Crippen molar-refractivity contribution >= 4 is 34.4 Å². The van der Waals surface area contributed by atoms with Crippen LogP contribution in [0.3, 0.4) is 0 Å². The lowest BCUT2D eigenvalue weighted by Gasteiger charge is -2.22. The Bertz CT molecular complexity index is 1120. The van der Waals surface area contributed by atoms with Gasteiger partial charge in [0.05, 0.1) is 23.3 Å². The van der Waals surface area contributed by atoms with E-state index in [0.29, 0.717) is 11.1 Å². The van der Waals surface area contributed by atoms with Gasteiger partial charge in [-0.15, -0.1) is 0 Å². The summed E-state index contributed by atoms with van der Waals surface area (Å²) in [5.41, 5.74) is 0.425. The predicted octanol–water partition coefficient (Wildman–Crippen LogP) is 4.23. The maximum Gasteiger partial charge on any atom is 0.325 e. The molecule has 2 aromatic rings. The molecular formula is C24H21ClN2O5. The minimum absolute atomic E-state index is 0.139. The zero-order valence-electron chi connectivity index (χ0n) is 18.0. The summed E-state index contributed by atoms with van der Waals surface area (Å²) in [5.74, 6) is -3.62. The quantitative estimate of drug-likeness (QED) is 0.287. The van der Waals surface area contributed by atoms with Gasteiger partial charge in [0.2, 0.25) is 0 Å². The SMILES string of the molecule is CC(=O)C(C(=O)OC(C)(C)C)C(=O)c1cccc(C#N)c1.N#Cc1cccc(C(=O)Cl)c1. The molecule has 0 aromatic heterocycles. The number of hydrogen-bond acceptors (Lipinski definition) is 7. The van der Waals surface area contributed by atoms with Crippen molar-refractivity contribution in [2.24, 2.45) is 5.92 Å². The molecule has 0 aliphatic rings. The first-order valence-corrected chi connectivity index (χ1v) is 9.75. The number of hydrogen-bond donors (Lipinski definition) is 0. The van der Waals surface area contributed by atoms with Crippen LogP contribution in [0.1, 0.15) is 59.5 Å². The minimum atomic E-state index is -1.50. The summed E-state index contributed by atoms with van der Waals surface area (Å²) in [5, 5.41) is 16.7. The number of nitrogens with zero attached hydrogens (tertiary/aromatic N) is 2. The normalized spacial score (nSPS) is 11.0. The van der Waals surface area contributed by atoms with E-state index in [9.17, 15) is 19.2 Å². The van der Waals surface area contributed by atoms with Crippen molar-refractivity contribution in [1.29, 1.82) is 10.5 Å². The maximum atomic E-state index is 12.4. The summed E-state index contributed by atoms with van der Waals surface area (Å²) < 4.78 is 5.11. The molecule has 0 amide bonds. The molecule has 1 atom stereocenters. The Kier molecular flexibility index (Phi) is 9.46. The van der Waals surface area contributed by atoms with E-state index in [-0.39, 0.29) is 11.1 Å². The Hall–Kier alpha value is -3.81. The Morgan fingerprint density at radius 2 is 1.38 bits per heavy atom. The van der Waals surface area contributed by atoms with E-state index in [2.05, 4.69) is 0 Å². The van der Waals surface area contributed by atoms with E-state index in [4.69, 9.17) is 26.9 Å². The van der Waals surface area contributed by atoms with Crippen LogP contribution < -0.4 is 0 Å². The molecule has 0 saturated heterocycles. The number of ketones is 2. The molecule has 0 N–H and O–H groups in total. The summed E-state index contributed by atoms with van der Waals surface area (Å²) in [6.07, 6.45) is 0. The zero-order valence-corrected chi connectivity index (χ0v) is 18.8. The number of nitriles is 2. The Morgan fingerprint density at radius 3 is 1.78 bits per heavy atom. The second-order valence-electron chi connectivity index (χ2n) is 7.60. The Labute approximate surface area is 191 Å². The lowest BCUT2D eigenvalue weighted by molar-refractivity contribution is -0.159. The van der Waals surface area contributed by atoms with Gasteiger partial charge in [0.15, 0.2) is 17.5 Å². The largest absolute Gasteiger partial charge is 0.459 e. The van der Waals surface area contributed by atoms with E-state index in [1.54, 1.807) is 39.0 Å². The highest BCUT2D eigenvalue weighted by atomic mass is 35.5. The van der Waals surface area contributed by atoms with Gasteiger partial charge in [-0.1, -0.05) is 24.3 Å². The number of rotatable bonds is 5. The van der Waals surface area contributed by atoms with Gasteiger partial charge >= 0.3 is 5.97 Å². The van der Waals surface area contributed by atoms with Crippen molar-refractivity contribution in [2.75, 3.05) is 0 Å². The highest BCUT2D eigenvalue weighted by Crippen LogP contribution is 2.17. The van der Waals surface area contributed by atoms with Gasteiger partial charge < -0.3 is 4.74 Å². The third kappa shape index (κ3) is 8.14. The average Bonchev–Trinajstić information content (AvgIpc) is 2.72. The summed E-state index contributed by atoms with van der Waals surface area (Å²) in [6, 6.07) is 15.9. The number of halogens is 1. The van der Waals surface area contributed by atoms with Gasteiger partial charge in [0.25, 0.3) is 5.24 Å². The van der Waals surface area contributed by atoms with Gasteiger partial charge in [-0.2, -0.15) is 10.5 Å². The number of esters is 1. The number of carbonyl (C=O) groups is 4. The fourth-order valence-corrected chi connectivity index (χ4v) is 2.56. The molecule has 0 heterocycles.